The van der Waals surface area contributed by atoms with Crippen molar-refractivity contribution in [1.29, 1.82) is 0 Å². The minimum atomic E-state index is -0.968. The number of anilines is 1. The van der Waals surface area contributed by atoms with Crippen molar-refractivity contribution in [2.75, 3.05) is 18.0 Å². The van der Waals surface area contributed by atoms with Crippen molar-refractivity contribution in [2.24, 2.45) is 11.8 Å². The maximum absolute atomic E-state index is 12.3. The third kappa shape index (κ3) is 4.91. The molecule has 1 saturated heterocycles. The van der Waals surface area contributed by atoms with Gasteiger partial charge in [-0.3, -0.25) is 9.78 Å². The Hall–Kier alpha value is -2.18. The Bertz CT molecular complexity index is 527. The number of carboxylic acid groups (broad SMARTS) is 1. The first-order valence-corrected chi connectivity index (χ1v) is 8.01. The topological polar surface area (TPSA) is 95.4 Å². The summed E-state index contributed by atoms with van der Waals surface area (Å²) in [4.78, 5) is 34.0. The lowest BCUT2D eigenvalue weighted by Gasteiger charge is -2.32. The number of aliphatic carboxylic acids is 1. The van der Waals surface area contributed by atoms with Crippen LogP contribution in [0, 0.1) is 11.8 Å². The monoisotopic (exact) mass is 320 g/mol. The lowest BCUT2D eigenvalue weighted by molar-refractivity contribution is -0.143. The molecule has 1 amide bonds. The molecule has 0 bridgehead atoms. The van der Waals surface area contributed by atoms with Crippen molar-refractivity contribution in [1.82, 2.24) is 15.3 Å². The number of carbonyl (C=O) groups is 2. The Kier molecular flexibility index (Phi) is 5.90. The number of piperidine rings is 1. The zero-order valence-corrected chi connectivity index (χ0v) is 13.6. The molecule has 0 unspecified atom stereocenters. The van der Waals surface area contributed by atoms with E-state index in [9.17, 15) is 14.7 Å². The van der Waals surface area contributed by atoms with Crippen LogP contribution in [0.4, 0.5) is 5.82 Å². The molecule has 126 valence electrons. The minimum absolute atomic E-state index is 0.142. The van der Waals surface area contributed by atoms with Crippen molar-refractivity contribution < 1.29 is 14.7 Å². The Labute approximate surface area is 136 Å². The van der Waals surface area contributed by atoms with Crippen molar-refractivity contribution >= 4 is 17.7 Å². The van der Waals surface area contributed by atoms with Crippen LogP contribution in [0.3, 0.4) is 0 Å². The predicted molar refractivity (Wildman–Crippen MR) is 86.0 cm³/mol. The van der Waals surface area contributed by atoms with Gasteiger partial charge in [0, 0.05) is 31.4 Å². The van der Waals surface area contributed by atoms with E-state index in [1.807, 2.05) is 13.8 Å². The highest BCUT2D eigenvalue weighted by atomic mass is 16.4. The van der Waals surface area contributed by atoms with E-state index in [0.29, 0.717) is 19.3 Å². The summed E-state index contributed by atoms with van der Waals surface area (Å²) in [7, 11) is 0. The van der Waals surface area contributed by atoms with Crippen LogP contribution in [0.2, 0.25) is 0 Å². The van der Waals surface area contributed by atoms with Crippen LogP contribution in [0.1, 0.15) is 33.1 Å². The number of rotatable bonds is 6. The average molecular weight is 320 g/mol. The summed E-state index contributed by atoms with van der Waals surface area (Å²) < 4.78 is 0. The zero-order chi connectivity index (χ0) is 16.8. The lowest BCUT2D eigenvalue weighted by Crippen LogP contribution is -2.47. The number of nitrogens with zero attached hydrogens (tertiary/aromatic N) is 3. The fourth-order valence-corrected chi connectivity index (χ4v) is 2.81. The van der Waals surface area contributed by atoms with Gasteiger partial charge in [0.15, 0.2) is 0 Å². The highest BCUT2D eigenvalue weighted by molar-refractivity contribution is 5.85. The Morgan fingerprint density at radius 3 is 2.57 bits per heavy atom. The molecule has 0 saturated carbocycles. The van der Waals surface area contributed by atoms with Crippen LogP contribution in [0.5, 0.6) is 0 Å². The fourth-order valence-electron chi connectivity index (χ4n) is 2.81. The SMILES string of the molecule is CC(C)C[C@H](NC(=O)C1CCN(c2cnccn2)CC1)C(=O)O. The van der Waals surface area contributed by atoms with Crippen LogP contribution in [-0.4, -0.2) is 46.1 Å². The highest BCUT2D eigenvalue weighted by Crippen LogP contribution is 2.21. The van der Waals surface area contributed by atoms with Gasteiger partial charge >= 0.3 is 5.97 Å². The third-order valence-corrected chi connectivity index (χ3v) is 4.06. The van der Waals surface area contributed by atoms with Crippen LogP contribution in [-0.2, 0) is 9.59 Å². The number of aromatic nitrogens is 2. The first-order chi connectivity index (χ1) is 11.0. The predicted octanol–water partition coefficient (Wildman–Crippen LogP) is 1.31. The first-order valence-electron chi connectivity index (χ1n) is 8.01. The van der Waals surface area contributed by atoms with Crippen molar-refractivity contribution in [3.63, 3.8) is 0 Å². The second kappa shape index (κ2) is 7.89. The molecule has 1 atom stereocenters. The largest absolute Gasteiger partial charge is 0.480 e. The van der Waals surface area contributed by atoms with Crippen molar-refractivity contribution in [2.45, 2.75) is 39.2 Å². The maximum atomic E-state index is 12.3. The molecular weight excluding hydrogens is 296 g/mol. The van der Waals surface area contributed by atoms with Crippen LogP contribution < -0.4 is 10.2 Å². The first kappa shape index (κ1) is 17.2. The van der Waals surface area contributed by atoms with E-state index in [1.165, 1.54) is 0 Å². The molecule has 1 aliphatic heterocycles. The number of carbonyl (C=O) groups excluding carboxylic acids is 1. The van der Waals surface area contributed by atoms with E-state index < -0.39 is 12.0 Å². The van der Waals surface area contributed by atoms with E-state index in [2.05, 4.69) is 20.2 Å². The zero-order valence-electron chi connectivity index (χ0n) is 13.6. The van der Waals surface area contributed by atoms with Crippen molar-refractivity contribution in [3.8, 4) is 0 Å². The molecule has 1 fully saturated rings. The molecule has 7 nitrogen and oxygen atoms in total. The molecule has 0 radical (unpaired) electrons. The number of hydrogen-bond acceptors (Lipinski definition) is 5. The second-order valence-electron chi connectivity index (χ2n) is 6.35. The third-order valence-electron chi connectivity index (χ3n) is 4.06. The van der Waals surface area contributed by atoms with Gasteiger partial charge in [0.25, 0.3) is 0 Å². The van der Waals surface area contributed by atoms with E-state index >= 15 is 0 Å². The van der Waals surface area contributed by atoms with Gasteiger partial charge in [-0.15, -0.1) is 0 Å². The lowest BCUT2D eigenvalue weighted by atomic mass is 9.95. The molecular formula is C16H24N4O3. The van der Waals surface area contributed by atoms with Crippen molar-refractivity contribution in [3.05, 3.63) is 18.6 Å². The minimum Gasteiger partial charge on any atom is -0.480 e. The molecule has 2 N–H and O–H groups in total. The number of carboxylic acids is 1. The summed E-state index contributed by atoms with van der Waals surface area (Å²) in [6, 6.07) is -0.805. The second-order valence-corrected chi connectivity index (χ2v) is 6.35. The number of hydrogen-bond donors (Lipinski definition) is 2. The quantitative estimate of drug-likeness (QED) is 0.820. The van der Waals surface area contributed by atoms with Crippen LogP contribution in [0.15, 0.2) is 18.6 Å². The van der Waals surface area contributed by atoms with Gasteiger partial charge in [0.05, 0.1) is 6.20 Å². The number of amides is 1. The molecule has 2 rings (SSSR count). The summed E-state index contributed by atoms with van der Waals surface area (Å²) >= 11 is 0. The summed E-state index contributed by atoms with van der Waals surface area (Å²) in [6.07, 6.45) is 6.82. The molecule has 7 heteroatoms. The highest BCUT2D eigenvalue weighted by Gasteiger charge is 2.29. The molecule has 1 aliphatic rings. The molecule has 0 spiro atoms. The van der Waals surface area contributed by atoms with E-state index in [0.717, 1.165) is 18.9 Å². The van der Waals surface area contributed by atoms with Gasteiger partial charge in [-0.2, -0.15) is 0 Å². The van der Waals surface area contributed by atoms with E-state index in [4.69, 9.17) is 0 Å². The van der Waals surface area contributed by atoms with Crippen LogP contribution in [0.25, 0.3) is 0 Å². The molecule has 0 aromatic carbocycles. The average Bonchev–Trinajstić information content (AvgIpc) is 2.54. The maximum Gasteiger partial charge on any atom is 0.326 e. The summed E-state index contributed by atoms with van der Waals surface area (Å²) in [5.74, 6) is -0.234. The van der Waals surface area contributed by atoms with Gasteiger partial charge in [-0.05, 0) is 25.2 Å². The van der Waals surface area contributed by atoms with E-state index in [1.54, 1.807) is 18.6 Å². The summed E-state index contributed by atoms with van der Waals surface area (Å²) in [5.41, 5.74) is 0. The van der Waals surface area contributed by atoms with Gasteiger partial charge < -0.3 is 15.3 Å². The molecule has 1 aromatic heterocycles. The normalized spacial score (nSPS) is 17.1. The Morgan fingerprint density at radius 1 is 1.35 bits per heavy atom. The Balaban J connectivity index is 1.86. The molecule has 23 heavy (non-hydrogen) atoms. The van der Waals surface area contributed by atoms with Gasteiger partial charge in [0.2, 0.25) is 5.91 Å². The van der Waals surface area contributed by atoms with Gasteiger partial charge in [-0.25, -0.2) is 9.78 Å². The van der Waals surface area contributed by atoms with Gasteiger partial charge in [-0.1, -0.05) is 13.8 Å². The molecule has 0 aliphatic carbocycles. The van der Waals surface area contributed by atoms with E-state index in [-0.39, 0.29) is 17.7 Å². The fraction of sp³-hybridized carbons (Fsp3) is 0.625. The molecule has 1 aromatic rings. The summed E-state index contributed by atoms with van der Waals surface area (Å²) in [5, 5.41) is 11.9. The Morgan fingerprint density at radius 2 is 2.04 bits per heavy atom. The van der Waals surface area contributed by atoms with Crippen LogP contribution >= 0.6 is 0 Å². The standard InChI is InChI=1S/C16H24N4O3/c1-11(2)9-13(16(22)23)19-15(21)12-3-7-20(8-4-12)14-10-17-5-6-18-14/h5-6,10-13H,3-4,7-9H2,1-2H3,(H,19,21)(H,22,23)/t13-/m0/s1. The smallest absolute Gasteiger partial charge is 0.326 e. The molecule has 2 heterocycles. The number of nitrogens with one attached hydrogen (secondary N) is 1. The van der Waals surface area contributed by atoms with Gasteiger partial charge in [0.1, 0.15) is 11.9 Å². The summed E-state index contributed by atoms with van der Waals surface area (Å²) in [6.45, 7) is 5.33.